The maximum Gasteiger partial charge on any atom is 0.308 e. The zero-order valence-electron chi connectivity index (χ0n) is 18.0. The number of nitrogens with one attached hydrogen (secondary N) is 1. The van der Waals surface area contributed by atoms with Gasteiger partial charge in [0, 0.05) is 11.0 Å². The van der Waals surface area contributed by atoms with Gasteiger partial charge in [-0.15, -0.1) is 0 Å². The minimum atomic E-state index is -0.790. The number of hydrogen-bond acceptors (Lipinski definition) is 4. The molecule has 2 N–H and O–H groups in total. The van der Waals surface area contributed by atoms with Crippen molar-refractivity contribution in [1.29, 1.82) is 0 Å². The van der Waals surface area contributed by atoms with E-state index in [2.05, 4.69) is 21.2 Å². The second kappa shape index (κ2) is 10.5. The lowest BCUT2D eigenvalue weighted by molar-refractivity contribution is -0.144. The summed E-state index contributed by atoms with van der Waals surface area (Å²) < 4.78 is 6.96. The fourth-order valence-corrected chi connectivity index (χ4v) is 4.96. The molecule has 1 aliphatic carbocycles. The van der Waals surface area contributed by atoms with Crippen LogP contribution in [0.1, 0.15) is 37.7 Å². The van der Waals surface area contributed by atoms with Gasteiger partial charge in [0.25, 0.3) is 0 Å². The number of anilines is 1. The first-order chi connectivity index (χ1) is 15.5. The SMILES string of the molecule is O=C(O)[C@@H](CN[C@H]1COc2ccccc2N(Cc2ccc(Br)cc2)C1=O)C1CCCCC1. The molecule has 2 aliphatic rings. The molecule has 4 rings (SSSR count). The lowest BCUT2D eigenvalue weighted by Crippen LogP contribution is -2.50. The number of carbonyl (C=O) groups is 2. The van der Waals surface area contributed by atoms with Gasteiger partial charge in [0.2, 0.25) is 5.91 Å². The third kappa shape index (κ3) is 5.33. The third-order valence-corrected chi connectivity index (χ3v) is 7.03. The Labute approximate surface area is 197 Å². The average Bonchev–Trinajstić information content (AvgIpc) is 2.93. The van der Waals surface area contributed by atoms with Crippen LogP contribution in [0.2, 0.25) is 0 Å². The highest BCUT2D eigenvalue weighted by molar-refractivity contribution is 9.10. The number of aliphatic carboxylic acids is 1. The molecule has 0 unspecified atom stereocenters. The average molecular weight is 501 g/mol. The number of rotatable bonds is 7. The number of hydrogen-bond donors (Lipinski definition) is 2. The van der Waals surface area contributed by atoms with Crippen molar-refractivity contribution in [3.05, 3.63) is 58.6 Å². The number of carboxylic acids is 1. The number of halogens is 1. The van der Waals surface area contributed by atoms with E-state index in [0.29, 0.717) is 12.3 Å². The van der Waals surface area contributed by atoms with Crippen molar-refractivity contribution in [2.45, 2.75) is 44.7 Å². The molecule has 1 fully saturated rings. The van der Waals surface area contributed by atoms with E-state index in [1.54, 1.807) is 4.90 Å². The molecule has 2 aromatic carbocycles. The van der Waals surface area contributed by atoms with Crippen molar-refractivity contribution in [3.8, 4) is 5.75 Å². The van der Waals surface area contributed by atoms with Crippen LogP contribution in [-0.4, -0.2) is 36.2 Å². The Morgan fingerprint density at radius 2 is 1.84 bits per heavy atom. The van der Waals surface area contributed by atoms with Crippen molar-refractivity contribution in [1.82, 2.24) is 5.32 Å². The molecule has 1 saturated carbocycles. The van der Waals surface area contributed by atoms with Gasteiger partial charge in [0.15, 0.2) is 0 Å². The monoisotopic (exact) mass is 500 g/mol. The summed E-state index contributed by atoms with van der Waals surface area (Å²) in [6, 6.07) is 14.8. The number of benzene rings is 2. The molecule has 0 aromatic heterocycles. The molecule has 2 aromatic rings. The molecule has 1 aliphatic heterocycles. The summed E-state index contributed by atoms with van der Waals surface area (Å²) in [6.07, 6.45) is 5.21. The van der Waals surface area contributed by atoms with Gasteiger partial charge < -0.3 is 20.1 Å². The van der Waals surface area contributed by atoms with E-state index in [9.17, 15) is 14.7 Å². The molecule has 0 bridgehead atoms. The lowest BCUT2D eigenvalue weighted by Gasteiger charge is -2.29. The number of carboxylic acid groups (broad SMARTS) is 1. The number of fused-ring (bicyclic) bond motifs is 1. The Balaban J connectivity index is 1.52. The van der Waals surface area contributed by atoms with Crippen molar-refractivity contribution in [2.24, 2.45) is 11.8 Å². The quantitative estimate of drug-likeness (QED) is 0.579. The smallest absolute Gasteiger partial charge is 0.308 e. The third-order valence-electron chi connectivity index (χ3n) is 6.50. The molecule has 6 nitrogen and oxygen atoms in total. The van der Waals surface area contributed by atoms with E-state index in [1.807, 2.05) is 48.5 Å². The van der Waals surface area contributed by atoms with Gasteiger partial charge in [-0.1, -0.05) is 59.5 Å². The number of carbonyl (C=O) groups excluding carboxylic acids is 1. The summed E-state index contributed by atoms with van der Waals surface area (Å²) >= 11 is 3.45. The van der Waals surface area contributed by atoms with Crippen molar-refractivity contribution < 1.29 is 19.4 Å². The number of nitrogens with zero attached hydrogens (tertiary/aromatic N) is 1. The Bertz CT molecular complexity index is 943. The maximum absolute atomic E-state index is 13.6. The number of amides is 1. The molecule has 170 valence electrons. The normalized spacial score (nSPS) is 20.2. The van der Waals surface area contributed by atoms with Crippen LogP contribution in [-0.2, 0) is 16.1 Å². The Morgan fingerprint density at radius 1 is 1.12 bits per heavy atom. The van der Waals surface area contributed by atoms with Crippen molar-refractivity contribution in [2.75, 3.05) is 18.1 Å². The summed E-state index contributed by atoms with van der Waals surface area (Å²) in [5.41, 5.74) is 1.73. The molecule has 32 heavy (non-hydrogen) atoms. The second-order valence-electron chi connectivity index (χ2n) is 8.63. The van der Waals surface area contributed by atoms with Crippen LogP contribution in [0.5, 0.6) is 5.75 Å². The van der Waals surface area contributed by atoms with Gasteiger partial charge >= 0.3 is 5.97 Å². The largest absolute Gasteiger partial charge is 0.489 e. The fourth-order valence-electron chi connectivity index (χ4n) is 4.70. The van der Waals surface area contributed by atoms with E-state index < -0.39 is 17.9 Å². The number of para-hydroxylation sites is 2. The molecule has 0 radical (unpaired) electrons. The zero-order valence-corrected chi connectivity index (χ0v) is 19.6. The van der Waals surface area contributed by atoms with Crippen molar-refractivity contribution >= 4 is 33.5 Å². The van der Waals surface area contributed by atoms with Crippen LogP contribution in [0.15, 0.2) is 53.0 Å². The summed E-state index contributed by atoms with van der Waals surface area (Å²) in [5, 5.41) is 13.1. The molecule has 0 saturated heterocycles. The van der Waals surface area contributed by atoms with E-state index in [0.717, 1.165) is 41.4 Å². The van der Waals surface area contributed by atoms with Gasteiger partial charge in [-0.3, -0.25) is 9.59 Å². The van der Waals surface area contributed by atoms with Gasteiger partial charge in [0.05, 0.1) is 18.2 Å². The Morgan fingerprint density at radius 3 is 2.56 bits per heavy atom. The summed E-state index contributed by atoms with van der Waals surface area (Å²) in [4.78, 5) is 27.3. The minimum absolute atomic E-state index is 0.106. The van der Waals surface area contributed by atoms with E-state index in [1.165, 1.54) is 6.42 Å². The second-order valence-corrected chi connectivity index (χ2v) is 9.55. The molecule has 2 atom stereocenters. The van der Waals surface area contributed by atoms with Crippen LogP contribution >= 0.6 is 15.9 Å². The van der Waals surface area contributed by atoms with Gasteiger partial charge in [-0.05, 0) is 48.6 Å². The number of ether oxygens (including phenoxy) is 1. The first-order valence-corrected chi connectivity index (χ1v) is 12.1. The minimum Gasteiger partial charge on any atom is -0.489 e. The molecular weight excluding hydrogens is 472 g/mol. The first-order valence-electron chi connectivity index (χ1n) is 11.3. The van der Waals surface area contributed by atoms with Crippen LogP contribution in [0.25, 0.3) is 0 Å². The first kappa shape index (κ1) is 22.8. The molecule has 1 heterocycles. The van der Waals surface area contributed by atoms with Gasteiger partial charge in [-0.2, -0.15) is 0 Å². The van der Waals surface area contributed by atoms with Crippen LogP contribution in [0.3, 0.4) is 0 Å². The predicted molar refractivity (Wildman–Crippen MR) is 127 cm³/mol. The molecule has 1 amide bonds. The predicted octanol–water partition coefficient (Wildman–Crippen LogP) is 4.61. The standard InChI is InChI=1S/C25H29BrN2O4/c26-19-12-10-17(11-13-19)15-28-22-8-4-5-9-23(22)32-16-21(24(28)29)27-14-20(25(30)31)18-6-2-1-3-7-18/h4-5,8-13,18,20-21,27H,1-3,6-7,14-16H2,(H,30,31)/t20-,21-/m0/s1. The fraction of sp³-hybridized carbons (Fsp3) is 0.440. The van der Waals surface area contributed by atoms with Crippen LogP contribution < -0.4 is 15.0 Å². The van der Waals surface area contributed by atoms with E-state index in [4.69, 9.17) is 4.74 Å². The van der Waals surface area contributed by atoms with Gasteiger partial charge in [0.1, 0.15) is 18.4 Å². The topological polar surface area (TPSA) is 78.9 Å². The highest BCUT2D eigenvalue weighted by Gasteiger charge is 2.34. The van der Waals surface area contributed by atoms with Crippen LogP contribution in [0.4, 0.5) is 5.69 Å². The van der Waals surface area contributed by atoms with E-state index >= 15 is 0 Å². The van der Waals surface area contributed by atoms with E-state index in [-0.39, 0.29) is 25.0 Å². The van der Waals surface area contributed by atoms with Crippen LogP contribution in [0, 0.1) is 11.8 Å². The molecule has 0 spiro atoms. The summed E-state index contributed by atoms with van der Waals surface area (Å²) in [7, 11) is 0. The lowest BCUT2D eigenvalue weighted by atomic mass is 9.80. The highest BCUT2D eigenvalue weighted by atomic mass is 79.9. The Hall–Kier alpha value is -2.38. The molecule has 7 heteroatoms. The summed E-state index contributed by atoms with van der Waals surface area (Å²) in [6.45, 7) is 0.849. The zero-order chi connectivity index (χ0) is 22.5. The van der Waals surface area contributed by atoms with Gasteiger partial charge in [-0.25, -0.2) is 0 Å². The maximum atomic E-state index is 13.6. The van der Waals surface area contributed by atoms with Crippen molar-refractivity contribution in [3.63, 3.8) is 0 Å². The highest BCUT2D eigenvalue weighted by Crippen LogP contribution is 2.33. The molecular formula is C25H29BrN2O4. The Kier molecular flexibility index (Phi) is 7.48. The summed E-state index contributed by atoms with van der Waals surface area (Å²) in [5.74, 6) is -0.573.